The average molecular weight is 487 g/mol. The van der Waals surface area contributed by atoms with Crippen molar-refractivity contribution >= 4 is 56.7 Å². The van der Waals surface area contributed by atoms with Crippen molar-refractivity contribution in [3.05, 3.63) is 58.1 Å². The maximum Gasteiger partial charge on any atom is 0.243 e. The highest BCUT2D eigenvalue weighted by Gasteiger charge is 2.30. The SMILES string of the molecule is CC(=O)c1ccc(S(=O)(=O)N2CCN(C(=O)CSc3c(Cl)cccc3Cl)CC2)cc1. The Morgan fingerprint density at radius 3 is 2.07 bits per heavy atom. The lowest BCUT2D eigenvalue weighted by Crippen LogP contribution is -2.50. The standard InChI is InChI=1S/C20H20Cl2N2O4S2/c1-14(25)15-5-7-16(8-6-15)30(27,28)24-11-9-23(10-12-24)19(26)13-29-20-17(21)3-2-4-18(20)22/h2-8H,9-13H2,1H3. The zero-order valence-corrected chi connectivity index (χ0v) is 19.3. The number of halogens is 2. The molecule has 2 aromatic carbocycles. The van der Waals surface area contributed by atoms with Gasteiger partial charge in [-0.25, -0.2) is 8.42 Å². The van der Waals surface area contributed by atoms with Gasteiger partial charge in [0, 0.05) is 36.6 Å². The Hall–Kier alpha value is -1.58. The average Bonchev–Trinajstić information content (AvgIpc) is 2.73. The molecule has 0 aromatic heterocycles. The third-order valence-corrected chi connectivity index (χ3v) is 8.64. The predicted octanol–water partition coefficient (Wildman–Crippen LogP) is 3.82. The van der Waals surface area contributed by atoms with Crippen LogP contribution in [0.15, 0.2) is 52.3 Å². The number of thioether (sulfide) groups is 1. The van der Waals surface area contributed by atoms with E-state index >= 15 is 0 Å². The fourth-order valence-electron chi connectivity index (χ4n) is 3.03. The van der Waals surface area contributed by atoms with Crippen LogP contribution in [0.4, 0.5) is 0 Å². The number of rotatable bonds is 6. The molecule has 1 saturated heterocycles. The fraction of sp³-hybridized carbons (Fsp3) is 0.300. The molecule has 0 aliphatic carbocycles. The highest BCUT2D eigenvalue weighted by atomic mass is 35.5. The third kappa shape index (κ3) is 5.18. The summed E-state index contributed by atoms with van der Waals surface area (Å²) in [6.07, 6.45) is 0. The van der Waals surface area contributed by atoms with Gasteiger partial charge in [0.25, 0.3) is 0 Å². The summed E-state index contributed by atoms with van der Waals surface area (Å²) in [5, 5.41) is 0.985. The van der Waals surface area contributed by atoms with Crippen molar-refractivity contribution in [1.29, 1.82) is 0 Å². The van der Waals surface area contributed by atoms with Crippen LogP contribution in [0.25, 0.3) is 0 Å². The zero-order chi connectivity index (χ0) is 21.9. The summed E-state index contributed by atoms with van der Waals surface area (Å²) in [5.74, 6) is -0.0521. The fourth-order valence-corrected chi connectivity index (χ4v) is 6.04. The summed E-state index contributed by atoms with van der Waals surface area (Å²) in [6.45, 7) is 2.46. The van der Waals surface area contributed by atoms with Gasteiger partial charge in [0.2, 0.25) is 15.9 Å². The number of hydrogen-bond acceptors (Lipinski definition) is 5. The van der Waals surface area contributed by atoms with Crippen molar-refractivity contribution in [2.45, 2.75) is 16.7 Å². The first-order valence-corrected chi connectivity index (χ1v) is 12.3. The Balaban J connectivity index is 1.58. The van der Waals surface area contributed by atoms with E-state index in [1.807, 2.05) is 0 Å². The van der Waals surface area contributed by atoms with Gasteiger partial charge in [-0.15, -0.1) is 11.8 Å². The molecule has 1 fully saturated rings. The molecule has 0 atom stereocenters. The predicted molar refractivity (Wildman–Crippen MR) is 119 cm³/mol. The molecular weight excluding hydrogens is 467 g/mol. The van der Waals surface area contributed by atoms with Crippen LogP contribution in [-0.4, -0.2) is 61.2 Å². The molecular formula is C20H20Cl2N2O4S2. The molecule has 1 amide bonds. The minimum Gasteiger partial charge on any atom is -0.339 e. The summed E-state index contributed by atoms with van der Waals surface area (Å²) in [4.78, 5) is 26.3. The minimum absolute atomic E-state index is 0.0983. The summed E-state index contributed by atoms with van der Waals surface area (Å²) < 4.78 is 27.0. The molecule has 0 spiro atoms. The number of amides is 1. The summed E-state index contributed by atoms with van der Waals surface area (Å²) >= 11 is 13.5. The molecule has 2 aromatic rings. The number of sulfonamides is 1. The number of nitrogens with zero attached hydrogens (tertiary/aromatic N) is 2. The van der Waals surface area contributed by atoms with E-state index in [4.69, 9.17) is 23.2 Å². The first kappa shape index (κ1) is 23.1. The Kier molecular flexibility index (Phi) is 7.47. The largest absolute Gasteiger partial charge is 0.339 e. The van der Waals surface area contributed by atoms with Gasteiger partial charge in [-0.2, -0.15) is 4.31 Å². The van der Waals surface area contributed by atoms with Crippen LogP contribution >= 0.6 is 35.0 Å². The van der Waals surface area contributed by atoms with Crippen molar-refractivity contribution in [3.8, 4) is 0 Å². The van der Waals surface area contributed by atoms with Gasteiger partial charge in [0.15, 0.2) is 5.78 Å². The van der Waals surface area contributed by atoms with Gasteiger partial charge in [-0.05, 0) is 31.2 Å². The van der Waals surface area contributed by atoms with Crippen LogP contribution in [0.3, 0.4) is 0 Å². The maximum atomic E-state index is 12.8. The first-order chi connectivity index (χ1) is 14.2. The lowest BCUT2D eigenvalue weighted by Gasteiger charge is -2.34. The normalized spacial score (nSPS) is 15.2. The Morgan fingerprint density at radius 2 is 1.53 bits per heavy atom. The summed E-state index contributed by atoms with van der Waals surface area (Å²) in [6, 6.07) is 11.1. The highest BCUT2D eigenvalue weighted by molar-refractivity contribution is 8.00. The van der Waals surface area contributed by atoms with E-state index < -0.39 is 10.0 Å². The Morgan fingerprint density at radius 1 is 0.967 bits per heavy atom. The monoisotopic (exact) mass is 486 g/mol. The number of carbonyl (C=O) groups excluding carboxylic acids is 2. The number of hydrogen-bond donors (Lipinski definition) is 0. The number of carbonyl (C=O) groups is 2. The van der Waals surface area contributed by atoms with Crippen LogP contribution in [-0.2, 0) is 14.8 Å². The maximum absolute atomic E-state index is 12.8. The van der Waals surface area contributed by atoms with Gasteiger partial charge in [-0.1, -0.05) is 41.4 Å². The second kappa shape index (κ2) is 9.70. The molecule has 0 radical (unpaired) electrons. The van der Waals surface area contributed by atoms with Crippen LogP contribution in [0.2, 0.25) is 10.0 Å². The molecule has 30 heavy (non-hydrogen) atoms. The molecule has 1 aliphatic rings. The minimum atomic E-state index is -3.68. The Labute approximate surface area is 190 Å². The molecule has 3 rings (SSSR count). The third-order valence-electron chi connectivity index (χ3n) is 4.75. The van der Waals surface area contributed by atoms with E-state index in [0.717, 1.165) is 0 Å². The number of Topliss-reactive ketones (excluding diaryl/α,β-unsaturated/α-hetero) is 1. The summed E-state index contributed by atoms with van der Waals surface area (Å²) in [7, 11) is -3.68. The van der Waals surface area contributed by atoms with E-state index in [1.165, 1.54) is 47.3 Å². The van der Waals surface area contributed by atoms with Crippen molar-refractivity contribution in [3.63, 3.8) is 0 Å². The van der Waals surface area contributed by atoms with Crippen molar-refractivity contribution in [2.24, 2.45) is 0 Å². The van der Waals surface area contributed by atoms with Crippen LogP contribution in [0.5, 0.6) is 0 Å². The zero-order valence-electron chi connectivity index (χ0n) is 16.2. The molecule has 0 unspecified atom stereocenters. The van der Waals surface area contributed by atoms with E-state index in [9.17, 15) is 18.0 Å². The lowest BCUT2D eigenvalue weighted by molar-refractivity contribution is -0.129. The lowest BCUT2D eigenvalue weighted by atomic mass is 10.2. The van der Waals surface area contributed by atoms with E-state index in [0.29, 0.717) is 33.6 Å². The molecule has 6 nitrogen and oxygen atoms in total. The number of benzene rings is 2. The second-order valence-electron chi connectivity index (χ2n) is 6.70. The van der Waals surface area contributed by atoms with Crippen LogP contribution in [0, 0.1) is 0 Å². The second-order valence-corrected chi connectivity index (χ2v) is 10.4. The van der Waals surface area contributed by atoms with Gasteiger partial charge >= 0.3 is 0 Å². The molecule has 160 valence electrons. The Bertz CT molecular complexity index is 1030. The van der Waals surface area contributed by atoms with Crippen molar-refractivity contribution < 1.29 is 18.0 Å². The van der Waals surface area contributed by atoms with Gasteiger partial charge in [0.05, 0.1) is 20.7 Å². The van der Waals surface area contributed by atoms with E-state index in [2.05, 4.69) is 0 Å². The molecule has 0 saturated carbocycles. The van der Waals surface area contributed by atoms with E-state index in [-0.39, 0.29) is 35.4 Å². The van der Waals surface area contributed by atoms with Crippen LogP contribution < -0.4 is 0 Å². The molecule has 1 aliphatic heterocycles. The smallest absolute Gasteiger partial charge is 0.243 e. The van der Waals surface area contributed by atoms with Gasteiger partial charge in [0.1, 0.15) is 0 Å². The number of ketones is 1. The van der Waals surface area contributed by atoms with Crippen molar-refractivity contribution in [1.82, 2.24) is 9.21 Å². The first-order valence-electron chi connectivity index (χ1n) is 9.16. The van der Waals surface area contributed by atoms with Crippen molar-refractivity contribution in [2.75, 3.05) is 31.9 Å². The van der Waals surface area contributed by atoms with Gasteiger partial charge < -0.3 is 4.90 Å². The molecule has 10 heteroatoms. The molecule has 0 bridgehead atoms. The molecule has 0 N–H and O–H groups in total. The van der Waals surface area contributed by atoms with Gasteiger partial charge in [-0.3, -0.25) is 9.59 Å². The molecule has 1 heterocycles. The number of piperazine rings is 1. The highest BCUT2D eigenvalue weighted by Crippen LogP contribution is 2.34. The topological polar surface area (TPSA) is 74.8 Å². The quantitative estimate of drug-likeness (QED) is 0.458. The van der Waals surface area contributed by atoms with E-state index in [1.54, 1.807) is 23.1 Å². The summed E-state index contributed by atoms with van der Waals surface area (Å²) in [5.41, 5.74) is 0.459. The van der Waals surface area contributed by atoms with Crippen LogP contribution in [0.1, 0.15) is 17.3 Å².